The average Bonchev–Trinajstić information content (AvgIpc) is 2.72. The molecule has 2 aromatic heterocycles. The number of fused-ring (bicyclic) bond motifs is 3. The van der Waals surface area contributed by atoms with Crippen molar-refractivity contribution in [1.82, 2.24) is 0 Å². The van der Waals surface area contributed by atoms with Gasteiger partial charge >= 0.3 is 5.63 Å². The first-order valence-electron chi connectivity index (χ1n) is 6.75. The fraction of sp³-hybridized carbons (Fsp3) is 0.353. The second-order valence-corrected chi connectivity index (χ2v) is 6.42. The van der Waals surface area contributed by atoms with Gasteiger partial charge in [0.1, 0.15) is 11.2 Å². The third kappa shape index (κ3) is 1.77. The summed E-state index contributed by atoms with van der Waals surface area (Å²) in [4.78, 5) is 11.5. The fourth-order valence-corrected chi connectivity index (χ4v) is 2.78. The Bertz CT molecular complexity index is 873. The first kappa shape index (κ1) is 13.0. The molecule has 3 aromatic rings. The minimum Gasteiger partial charge on any atom is -0.463 e. The van der Waals surface area contributed by atoms with Crippen molar-refractivity contribution in [1.29, 1.82) is 0 Å². The molecular formula is C17H18O3. The van der Waals surface area contributed by atoms with Crippen LogP contribution in [0.3, 0.4) is 0 Å². The SMILES string of the molecule is Cc1cc2oc(=O)cc(C)c2c2occ(C(C)(C)C)c12. The lowest BCUT2D eigenvalue weighted by Crippen LogP contribution is -2.10. The highest BCUT2D eigenvalue weighted by molar-refractivity contribution is 6.06. The van der Waals surface area contributed by atoms with E-state index in [9.17, 15) is 4.79 Å². The highest BCUT2D eigenvalue weighted by Crippen LogP contribution is 2.38. The van der Waals surface area contributed by atoms with Crippen LogP contribution in [0.5, 0.6) is 0 Å². The molecule has 3 heteroatoms. The topological polar surface area (TPSA) is 43.4 Å². The maximum absolute atomic E-state index is 11.5. The molecule has 0 N–H and O–H groups in total. The third-order valence-corrected chi connectivity index (χ3v) is 3.75. The van der Waals surface area contributed by atoms with Crippen LogP contribution in [-0.4, -0.2) is 0 Å². The van der Waals surface area contributed by atoms with Gasteiger partial charge in [-0.1, -0.05) is 20.8 Å². The van der Waals surface area contributed by atoms with Gasteiger partial charge in [-0.15, -0.1) is 0 Å². The summed E-state index contributed by atoms with van der Waals surface area (Å²) >= 11 is 0. The minimum atomic E-state index is -0.323. The van der Waals surface area contributed by atoms with Gasteiger partial charge in [0.05, 0.1) is 11.6 Å². The lowest BCUT2D eigenvalue weighted by atomic mass is 9.85. The number of hydrogen-bond donors (Lipinski definition) is 0. The van der Waals surface area contributed by atoms with Crippen LogP contribution in [0.1, 0.15) is 37.5 Å². The molecule has 0 radical (unpaired) electrons. The Kier molecular flexibility index (Phi) is 2.58. The Labute approximate surface area is 117 Å². The smallest absolute Gasteiger partial charge is 0.336 e. The third-order valence-electron chi connectivity index (χ3n) is 3.75. The molecule has 0 aliphatic heterocycles. The maximum atomic E-state index is 11.5. The molecule has 3 rings (SSSR count). The van der Waals surface area contributed by atoms with E-state index < -0.39 is 0 Å². The van der Waals surface area contributed by atoms with Gasteiger partial charge in [0.15, 0.2) is 0 Å². The van der Waals surface area contributed by atoms with Crippen molar-refractivity contribution in [2.24, 2.45) is 0 Å². The van der Waals surface area contributed by atoms with Gasteiger partial charge in [-0.2, -0.15) is 0 Å². The number of rotatable bonds is 0. The van der Waals surface area contributed by atoms with Crippen LogP contribution >= 0.6 is 0 Å². The molecule has 2 heterocycles. The van der Waals surface area contributed by atoms with E-state index in [1.54, 1.807) is 0 Å². The molecule has 0 bridgehead atoms. The Hall–Kier alpha value is -2.03. The average molecular weight is 270 g/mol. The van der Waals surface area contributed by atoms with Gasteiger partial charge < -0.3 is 8.83 Å². The van der Waals surface area contributed by atoms with E-state index >= 15 is 0 Å². The minimum absolute atomic E-state index is 0.00715. The number of furan rings is 1. The van der Waals surface area contributed by atoms with Crippen LogP contribution in [-0.2, 0) is 5.41 Å². The van der Waals surface area contributed by atoms with Crippen LogP contribution in [0.4, 0.5) is 0 Å². The van der Waals surface area contributed by atoms with Gasteiger partial charge in [-0.25, -0.2) is 4.79 Å². The van der Waals surface area contributed by atoms with Crippen LogP contribution in [0.25, 0.3) is 21.9 Å². The fourth-order valence-electron chi connectivity index (χ4n) is 2.78. The van der Waals surface area contributed by atoms with E-state index in [-0.39, 0.29) is 11.0 Å². The molecule has 0 spiro atoms. The zero-order chi connectivity index (χ0) is 14.7. The molecule has 0 amide bonds. The van der Waals surface area contributed by atoms with Crippen LogP contribution in [0.15, 0.2) is 32.0 Å². The summed E-state index contributed by atoms with van der Waals surface area (Å²) in [6.07, 6.45) is 1.82. The molecule has 104 valence electrons. The van der Waals surface area contributed by atoms with Crippen molar-refractivity contribution in [2.45, 2.75) is 40.0 Å². The predicted molar refractivity (Wildman–Crippen MR) is 80.4 cm³/mol. The molecule has 20 heavy (non-hydrogen) atoms. The molecule has 0 fully saturated rings. The van der Waals surface area contributed by atoms with Crippen molar-refractivity contribution < 1.29 is 8.83 Å². The Morgan fingerprint density at radius 1 is 1.00 bits per heavy atom. The summed E-state index contributed by atoms with van der Waals surface area (Å²) < 4.78 is 11.1. The first-order chi connectivity index (χ1) is 9.29. The van der Waals surface area contributed by atoms with Crippen molar-refractivity contribution in [2.75, 3.05) is 0 Å². The molecule has 1 aromatic carbocycles. The summed E-state index contributed by atoms with van der Waals surface area (Å²) in [5, 5.41) is 2.02. The Balaban J connectivity index is 2.56. The van der Waals surface area contributed by atoms with Crippen molar-refractivity contribution in [3.63, 3.8) is 0 Å². The van der Waals surface area contributed by atoms with Crippen LogP contribution in [0.2, 0.25) is 0 Å². The standard InChI is InChI=1S/C17H18O3/c1-9-6-12-15(10(2)7-13(18)20-12)16-14(9)11(8-19-16)17(3,4)5/h6-8H,1-5H3. The second-order valence-electron chi connectivity index (χ2n) is 6.42. The molecule has 3 nitrogen and oxygen atoms in total. The number of hydrogen-bond acceptors (Lipinski definition) is 3. The zero-order valence-corrected chi connectivity index (χ0v) is 12.5. The lowest BCUT2D eigenvalue weighted by Gasteiger charge is -2.17. The van der Waals surface area contributed by atoms with E-state index in [1.165, 1.54) is 11.6 Å². The first-order valence-corrected chi connectivity index (χ1v) is 6.75. The van der Waals surface area contributed by atoms with Gasteiger partial charge in [0.25, 0.3) is 0 Å². The Morgan fingerprint density at radius 2 is 1.65 bits per heavy atom. The molecule has 0 unspecified atom stereocenters. The van der Waals surface area contributed by atoms with E-state index in [0.717, 1.165) is 27.5 Å². The summed E-state index contributed by atoms with van der Waals surface area (Å²) in [6, 6.07) is 3.44. The molecule has 0 aliphatic rings. The van der Waals surface area contributed by atoms with Crippen LogP contribution < -0.4 is 5.63 Å². The highest BCUT2D eigenvalue weighted by Gasteiger charge is 2.23. The van der Waals surface area contributed by atoms with Crippen molar-refractivity contribution >= 4 is 21.9 Å². The molecule has 0 atom stereocenters. The van der Waals surface area contributed by atoms with E-state index in [1.807, 2.05) is 26.2 Å². The highest BCUT2D eigenvalue weighted by atomic mass is 16.4. The molecule has 0 saturated heterocycles. The second kappa shape index (κ2) is 3.98. The van der Waals surface area contributed by atoms with Crippen molar-refractivity contribution in [3.8, 4) is 0 Å². The lowest BCUT2D eigenvalue weighted by molar-refractivity contribution is 0.554. The van der Waals surface area contributed by atoms with Gasteiger partial charge in [0.2, 0.25) is 0 Å². The van der Waals surface area contributed by atoms with Gasteiger partial charge in [0, 0.05) is 17.0 Å². The van der Waals surface area contributed by atoms with Gasteiger partial charge in [-0.05, 0) is 36.5 Å². The summed E-state index contributed by atoms with van der Waals surface area (Å²) in [5.41, 5.74) is 4.22. The quantitative estimate of drug-likeness (QED) is 0.567. The van der Waals surface area contributed by atoms with Gasteiger partial charge in [-0.3, -0.25) is 0 Å². The normalized spacial score (nSPS) is 12.4. The predicted octanol–water partition coefficient (Wildman–Crippen LogP) is 4.45. The summed E-state index contributed by atoms with van der Waals surface area (Å²) in [7, 11) is 0. The van der Waals surface area contributed by atoms with E-state index in [4.69, 9.17) is 8.83 Å². The number of aryl methyl sites for hydroxylation is 2. The Morgan fingerprint density at radius 3 is 2.30 bits per heavy atom. The van der Waals surface area contributed by atoms with E-state index in [2.05, 4.69) is 20.8 Å². The largest absolute Gasteiger partial charge is 0.463 e. The monoisotopic (exact) mass is 270 g/mol. The maximum Gasteiger partial charge on any atom is 0.336 e. The summed E-state index contributed by atoms with van der Waals surface area (Å²) in [6.45, 7) is 10.4. The van der Waals surface area contributed by atoms with Crippen molar-refractivity contribution in [3.05, 3.63) is 45.5 Å². The summed E-state index contributed by atoms with van der Waals surface area (Å²) in [5.74, 6) is 0. The molecule has 0 saturated carbocycles. The molecule has 0 aliphatic carbocycles. The molecular weight excluding hydrogens is 252 g/mol. The zero-order valence-electron chi connectivity index (χ0n) is 12.5. The van der Waals surface area contributed by atoms with E-state index in [0.29, 0.717) is 5.58 Å². The van der Waals surface area contributed by atoms with Crippen LogP contribution in [0, 0.1) is 13.8 Å². The number of benzene rings is 1.